The molecule has 1 fully saturated rings. The molecule has 1 unspecified atom stereocenters. The van der Waals surface area contributed by atoms with Gasteiger partial charge in [0.05, 0.1) is 18.6 Å². The minimum Gasteiger partial charge on any atom is -0.480 e. The first-order chi connectivity index (χ1) is 8.64. The molecule has 0 radical (unpaired) electrons. The van der Waals surface area contributed by atoms with Gasteiger partial charge in [0.15, 0.2) is 0 Å². The maximum Gasteiger partial charge on any atom is 0.321 e. The second kappa shape index (κ2) is 5.08. The van der Waals surface area contributed by atoms with Gasteiger partial charge in [0.2, 0.25) is 0 Å². The van der Waals surface area contributed by atoms with Crippen molar-refractivity contribution in [1.29, 1.82) is 0 Å². The standard InChI is InChI=1S/C14H19NO3/c1-3-10-4-6-11(7-5-10)14(8-18-9-14)12(15-2)13(16)17/h4-7,12,15H,3,8-9H2,1-2H3,(H,16,17). The molecule has 0 spiro atoms. The van der Waals surface area contributed by atoms with Gasteiger partial charge in [-0.05, 0) is 24.6 Å². The van der Waals surface area contributed by atoms with E-state index in [1.807, 2.05) is 12.1 Å². The molecule has 1 heterocycles. The van der Waals surface area contributed by atoms with Crippen molar-refractivity contribution in [2.75, 3.05) is 20.3 Å². The molecular formula is C14H19NO3. The molecule has 1 aliphatic rings. The predicted molar refractivity (Wildman–Crippen MR) is 68.8 cm³/mol. The number of hydrogen-bond acceptors (Lipinski definition) is 3. The molecule has 0 aliphatic carbocycles. The molecule has 0 amide bonds. The Labute approximate surface area is 107 Å². The molecule has 1 saturated heterocycles. The van der Waals surface area contributed by atoms with Crippen LogP contribution < -0.4 is 5.32 Å². The molecule has 0 saturated carbocycles. The predicted octanol–water partition coefficient (Wildman–Crippen LogP) is 1.19. The molecule has 18 heavy (non-hydrogen) atoms. The summed E-state index contributed by atoms with van der Waals surface area (Å²) >= 11 is 0. The molecule has 1 atom stereocenters. The van der Waals surface area contributed by atoms with Crippen LogP contribution in [0.25, 0.3) is 0 Å². The van der Waals surface area contributed by atoms with Crippen molar-refractivity contribution in [1.82, 2.24) is 5.32 Å². The lowest BCUT2D eigenvalue weighted by Gasteiger charge is -2.45. The molecule has 4 nitrogen and oxygen atoms in total. The lowest BCUT2D eigenvalue weighted by Crippen LogP contribution is -2.62. The Morgan fingerprint density at radius 3 is 2.39 bits per heavy atom. The third-order valence-electron chi connectivity index (χ3n) is 3.74. The van der Waals surface area contributed by atoms with Crippen molar-refractivity contribution in [3.8, 4) is 0 Å². The number of carbonyl (C=O) groups is 1. The maximum absolute atomic E-state index is 11.3. The fourth-order valence-electron chi connectivity index (χ4n) is 2.53. The van der Waals surface area contributed by atoms with E-state index in [9.17, 15) is 9.90 Å². The molecule has 1 aliphatic heterocycles. The summed E-state index contributed by atoms with van der Waals surface area (Å²) in [5.41, 5.74) is 1.85. The number of nitrogens with one attached hydrogen (secondary N) is 1. The molecular weight excluding hydrogens is 230 g/mol. The fourth-order valence-corrected chi connectivity index (χ4v) is 2.53. The summed E-state index contributed by atoms with van der Waals surface area (Å²) in [6, 6.07) is 7.55. The van der Waals surface area contributed by atoms with Gasteiger partial charge >= 0.3 is 5.97 Å². The van der Waals surface area contributed by atoms with E-state index in [1.165, 1.54) is 5.56 Å². The highest BCUT2D eigenvalue weighted by Crippen LogP contribution is 2.36. The molecule has 1 aromatic rings. The summed E-state index contributed by atoms with van der Waals surface area (Å²) in [4.78, 5) is 11.3. The third-order valence-corrected chi connectivity index (χ3v) is 3.74. The van der Waals surface area contributed by atoms with E-state index in [1.54, 1.807) is 7.05 Å². The summed E-state index contributed by atoms with van der Waals surface area (Å²) in [6.45, 7) is 3.01. The molecule has 4 heteroatoms. The van der Waals surface area contributed by atoms with Gasteiger partial charge in [0, 0.05) is 0 Å². The van der Waals surface area contributed by atoms with Crippen molar-refractivity contribution >= 4 is 5.97 Å². The summed E-state index contributed by atoms with van der Waals surface area (Å²) in [6.07, 6.45) is 0.984. The van der Waals surface area contributed by atoms with Gasteiger partial charge in [0.1, 0.15) is 6.04 Å². The highest BCUT2D eigenvalue weighted by Gasteiger charge is 2.50. The first kappa shape index (κ1) is 13.1. The maximum atomic E-state index is 11.3. The second-order valence-electron chi connectivity index (χ2n) is 4.76. The first-order valence-electron chi connectivity index (χ1n) is 6.21. The zero-order valence-corrected chi connectivity index (χ0v) is 10.8. The molecule has 2 N–H and O–H groups in total. The van der Waals surface area contributed by atoms with E-state index in [0.717, 1.165) is 12.0 Å². The smallest absolute Gasteiger partial charge is 0.321 e. The van der Waals surface area contributed by atoms with Crippen LogP contribution >= 0.6 is 0 Å². The zero-order valence-electron chi connectivity index (χ0n) is 10.8. The number of rotatable bonds is 5. The zero-order chi connectivity index (χ0) is 13.2. The molecule has 2 rings (SSSR count). The number of carboxylic acid groups (broad SMARTS) is 1. The Hall–Kier alpha value is -1.39. The van der Waals surface area contributed by atoms with E-state index >= 15 is 0 Å². The van der Waals surface area contributed by atoms with Gasteiger partial charge in [-0.2, -0.15) is 0 Å². The lowest BCUT2D eigenvalue weighted by atomic mass is 9.72. The van der Waals surface area contributed by atoms with Crippen LogP contribution in [0.15, 0.2) is 24.3 Å². The van der Waals surface area contributed by atoms with E-state index in [2.05, 4.69) is 24.4 Å². The lowest BCUT2D eigenvalue weighted by molar-refractivity contribution is -0.150. The van der Waals surface area contributed by atoms with E-state index < -0.39 is 17.4 Å². The molecule has 1 aromatic carbocycles. The Morgan fingerprint density at radius 1 is 1.44 bits per heavy atom. The number of benzene rings is 1. The summed E-state index contributed by atoms with van der Waals surface area (Å²) in [5.74, 6) is -0.833. The van der Waals surface area contributed by atoms with Crippen LogP contribution in [0.4, 0.5) is 0 Å². The molecule has 0 aromatic heterocycles. The minimum atomic E-state index is -0.833. The normalized spacial score (nSPS) is 19.0. The van der Waals surface area contributed by atoms with E-state index in [-0.39, 0.29) is 0 Å². The van der Waals surface area contributed by atoms with Crippen LogP contribution in [0.1, 0.15) is 18.1 Å². The van der Waals surface area contributed by atoms with Crippen molar-refractivity contribution in [3.05, 3.63) is 35.4 Å². The number of ether oxygens (including phenoxy) is 1. The number of hydrogen-bond donors (Lipinski definition) is 2. The minimum absolute atomic E-state index is 0.438. The number of likely N-dealkylation sites (N-methyl/N-ethyl adjacent to an activating group) is 1. The Kier molecular flexibility index (Phi) is 3.68. The SMILES string of the molecule is CCc1ccc(C2(C(NC)C(=O)O)COC2)cc1. The number of aryl methyl sites for hydroxylation is 1. The second-order valence-corrected chi connectivity index (χ2v) is 4.76. The molecule has 0 bridgehead atoms. The molecule has 98 valence electrons. The first-order valence-corrected chi connectivity index (χ1v) is 6.21. The van der Waals surface area contributed by atoms with Crippen molar-refractivity contribution in [2.24, 2.45) is 0 Å². The topological polar surface area (TPSA) is 58.6 Å². The van der Waals surface area contributed by atoms with Gasteiger partial charge in [-0.3, -0.25) is 4.79 Å². The largest absolute Gasteiger partial charge is 0.480 e. The highest BCUT2D eigenvalue weighted by molar-refractivity contribution is 5.76. The van der Waals surface area contributed by atoms with Crippen molar-refractivity contribution < 1.29 is 14.6 Å². The van der Waals surface area contributed by atoms with Crippen LogP contribution in [0.2, 0.25) is 0 Å². The van der Waals surface area contributed by atoms with Crippen LogP contribution in [-0.2, 0) is 21.4 Å². The number of aliphatic carboxylic acids is 1. The number of carboxylic acids is 1. The summed E-state index contributed by atoms with van der Waals surface area (Å²) in [7, 11) is 1.68. The quantitative estimate of drug-likeness (QED) is 0.823. The van der Waals surface area contributed by atoms with Crippen LogP contribution in [0.5, 0.6) is 0 Å². The van der Waals surface area contributed by atoms with Gasteiger partial charge in [-0.25, -0.2) is 0 Å². The van der Waals surface area contributed by atoms with Crippen LogP contribution in [0, 0.1) is 0 Å². The van der Waals surface area contributed by atoms with Crippen LogP contribution in [-0.4, -0.2) is 37.4 Å². The van der Waals surface area contributed by atoms with Gasteiger partial charge in [-0.1, -0.05) is 31.2 Å². The Morgan fingerprint density at radius 2 is 2.06 bits per heavy atom. The third kappa shape index (κ3) is 2.02. The van der Waals surface area contributed by atoms with Gasteiger partial charge in [-0.15, -0.1) is 0 Å². The van der Waals surface area contributed by atoms with Gasteiger partial charge < -0.3 is 15.2 Å². The summed E-state index contributed by atoms with van der Waals surface area (Å²) < 4.78 is 5.28. The fraction of sp³-hybridized carbons (Fsp3) is 0.500. The van der Waals surface area contributed by atoms with E-state index in [0.29, 0.717) is 13.2 Å². The highest BCUT2D eigenvalue weighted by atomic mass is 16.5. The van der Waals surface area contributed by atoms with E-state index in [4.69, 9.17) is 4.74 Å². The van der Waals surface area contributed by atoms with Crippen molar-refractivity contribution in [3.63, 3.8) is 0 Å². The summed E-state index contributed by atoms with van der Waals surface area (Å²) in [5, 5.41) is 12.2. The van der Waals surface area contributed by atoms with Crippen LogP contribution in [0.3, 0.4) is 0 Å². The Bertz CT molecular complexity index is 423. The monoisotopic (exact) mass is 249 g/mol. The average molecular weight is 249 g/mol. The van der Waals surface area contributed by atoms with Crippen molar-refractivity contribution in [2.45, 2.75) is 24.8 Å². The Balaban J connectivity index is 2.33. The van der Waals surface area contributed by atoms with Gasteiger partial charge in [0.25, 0.3) is 0 Å². The average Bonchev–Trinajstić information content (AvgIpc) is 2.33.